The molecule has 0 bridgehead atoms. The summed E-state index contributed by atoms with van der Waals surface area (Å²) in [5, 5.41) is 6.11. The van der Waals surface area contributed by atoms with Gasteiger partial charge >= 0.3 is 5.97 Å². The van der Waals surface area contributed by atoms with Gasteiger partial charge in [0.25, 0.3) is 0 Å². The molecule has 0 aliphatic carbocycles. The fourth-order valence-electron chi connectivity index (χ4n) is 1.40. The van der Waals surface area contributed by atoms with Crippen LogP contribution in [0.4, 0.5) is 0 Å². The van der Waals surface area contributed by atoms with Gasteiger partial charge in [-0.2, -0.15) is 0 Å². The maximum absolute atomic E-state index is 11.6. The Morgan fingerprint density at radius 3 is 2.90 bits per heavy atom. The molecule has 1 aromatic carbocycles. The minimum absolute atomic E-state index is 0.261. The minimum Gasteiger partial charge on any atom is -0.480 e. The summed E-state index contributed by atoms with van der Waals surface area (Å²) < 4.78 is 6.11. The Morgan fingerprint density at radius 2 is 2.24 bits per heavy atom. The molecule has 0 saturated heterocycles. The highest BCUT2D eigenvalue weighted by Crippen LogP contribution is 2.27. The molecule has 2 aromatic rings. The van der Waals surface area contributed by atoms with Crippen molar-refractivity contribution in [3.8, 4) is 5.75 Å². The van der Waals surface area contributed by atoms with E-state index in [1.165, 1.54) is 11.3 Å². The summed E-state index contributed by atoms with van der Waals surface area (Å²) >= 11 is 10.8. The predicted octanol–water partition coefficient (Wildman–Crippen LogP) is 4.51. The van der Waals surface area contributed by atoms with Crippen molar-refractivity contribution < 1.29 is 14.4 Å². The molecule has 0 radical (unpaired) electrons. The van der Waals surface area contributed by atoms with Crippen molar-refractivity contribution in [1.29, 1.82) is 0 Å². The molecule has 0 spiro atoms. The zero-order valence-corrected chi connectivity index (χ0v) is 14.2. The zero-order chi connectivity index (χ0) is 15.2. The number of nitrogens with zero attached hydrogens (tertiary/aromatic N) is 1. The number of carbonyl (C=O) groups excluding carboxylic acids is 1. The number of benzene rings is 1. The lowest BCUT2D eigenvalue weighted by atomic mass is 10.3. The maximum Gasteiger partial charge on any atom is 0.372 e. The van der Waals surface area contributed by atoms with Crippen molar-refractivity contribution in [2.45, 2.75) is 6.92 Å². The van der Waals surface area contributed by atoms with Gasteiger partial charge in [0.1, 0.15) is 5.75 Å². The van der Waals surface area contributed by atoms with Crippen LogP contribution in [0.3, 0.4) is 0 Å². The lowest BCUT2D eigenvalue weighted by molar-refractivity contribution is -0.146. The molecule has 21 heavy (non-hydrogen) atoms. The summed E-state index contributed by atoms with van der Waals surface area (Å²) in [6.07, 6.45) is 0. The highest BCUT2D eigenvalue weighted by atomic mass is 79.9. The fraction of sp³-hybridized carbons (Fsp3) is 0.143. The van der Waals surface area contributed by atoms with Crippen LogP contribution in [0.2, 0.25) is 5.02 Å². The van der Waals surface area contributed by atoms with Gasteiger partial charge in [0.05, 0.1) is 15.6 Å². The van der Waals surface area contributed by atoms with E-state index in [-0.39, 0.29) is 6.61 Å². The van der Waals surface area contributed by atoms with Gasteiger partial charge in [-0.25, -0.2) is 4.79 Å². The molecule has 7 heteroatoms. The Bertz CT molecular complexity index is 658. The van der Waals surface area contributed by atoms with Crippen molar-refractivity contribution in [3.05, 3.63) is 50.1 Å². The summed E-state index contributed by atoms with van der Waals surface area (Å²) in [5.41, 5.74) is 0.639. The van der Waals surface area contributed by atoms with Crippen LogP contribution in [0.25, 0.3) is 0 Å². The Labute approximate surface area is 139 Å². The van der Waals surface area contributed by atoms with Crippen LogP contribution in [-0.4, -0.2) is 18.3 Å². The van der Waals surface area contributed by atoms with E-state index in [0.717, 1.165) is 9.35 Å². The molecular weight excluding hydrogens is 378 g/mol. The number of rotatable bonds is 5. The summed E-state index contributed by atoms with van der Waals surface area (Å²) in [4.78, 5) is 17.3. The smallest absolute Gasteiger partial charge is 0.372 e. The zero-order valence-electron chi connectivity index (χ0n) is 11.0. The minimum atomic E-state index is -0.593. The average molecular weight is 389 g/mol. The third kappa shape index (κ3) is 4.84. The number of ether oxygens (including phenoxy) is 1. The topological polar surface area (TPSA) is 47.9 Å². The van der Waals surface area contributed by atoms with Gasteiger partial charge in [-0.1, -0.05) is 38.8 Å². The number of halogens is 2. The molecule has 0 aliphatic heterocycles. The Morgan fingerprint density at radius 1 is 1.43 bits per heavy atom. The number of carbonyl (C=O) groups is 1. The SMILES string of the molecule is C/C(=N\OC(=O)COc1ccc(Br)cc1Cl)c1cccs1. The molecule has 1 aromatic heterocycles. The molecular formula is C14H11BrClNO3S. The van der Waals surface area contributed by atoms with Gasteiger partial charge in [0.15, 0.2) is 6.61 Å². The van der Waals surface area contributed by atoms with E-state index >= 15 is 0 Å². The van der Waals surface area contributed by atoms with Crippen molar-refractivity contribution >= 4 is 50.5 Å². The second-order valence-corrected chi connectivity index (χ2v) is 6.25. The van der Waals surface area contributed by atoms with E-state index in [4.69, 9.17) is 21.2 Å². The number of hydrogen-bond acceptors (Lipinski definition) is 5. The third-order valence-electron chi connectivity index (χ3n) is 2.40. The standard InChI is InChI=1S/C14H11BrClNO3S/c1-9(13-3-2-6-21-13)17-20-14(18)8-19-12-5-4-10(15)7-11(12)16/h2-7H,8H2,1H3/b17-9+. The first-order valence-corrected chi connectivity index (χ1v) is 7.97. The second-order valence-electron chi connectivity index (χ2n) is 3.98. The fourth-order valence-corrected chi connectivity index (χ4v) is 2.80. The molecule has 0 atom stereocenters. The molecule has 1 heterocycles. The third-order valence-corrected chi connectivity index (χ3v) is 4.17. The monoisotopic (exact) mass is 387 g/mol. The molecule has 0 N–H and O–H groups in total. The van der Waals surface area contributed by atoms with Crippen molar-refractivity contribution in [1.82, 2.24) is 0 Å². The number of oxime groups is 1. The first-order chi connectivity index (χ1) is 10.1. The predicted molar refractivity (Wildman–Crippen MR) is 87.3 cm³/mol. The van der Waals surface area contributed by atoms with E-state index in [0.29, 0.717) is 16.5 Å². The van der Waals surface area contributed by atoms with Gasteiger partial charge in [0, 0.05) is 4.47 Å². The lowest BCUT2D eigenvalue weighted by Gasteiger charge is -2.06. The van der Waals surface area contributed by atoms with E-state index in [1.807, 2.05) is 17.5 Å². The Kier molecular flexibility index (Phi) is 5.78. The van der Waals surface area contributed by atoms with E-state index in [2.05, 4.69) is 21.1 Å². The number of thiophene rings is 1. The summed E-state index contributed by atoms with van der Waals surface area (Å²) in [6.45, 7) is 1.51. The second kappa shape index (κ2) is 7.59. The van der Waals surface area contributed by atoms with E-state index in [1.54, 1.807) is 25.1 Å². The molecule has 4 nitrogen and oxygen atoms in total. The summed E-state index contributed by atoms with van der Waals surface area (Å²) in [6, 6.07) is 8.92. The van der Waals surface area contributed by atoms with Crippen LogP contribution in [-0.2, 0) is 9.63 Å². The Hall–Kier alpha value is -1.37. The summed E-state index contributed by atoms with van der Waals surface area (Å²) in [5.74, 6) is -0.180. The van der Waals surface area contributed by atoms with Gasteiger partial charge in [-0.05, 0) is 36.6 Å². The van der Waals surface area contributed by atoms with Crippen LogP contribution in [0.5, 0.6) is 5.75 Å². The van der Waals surface area contributed by atoms with Crippen LogP contribution >= 0.6 is 38.9 Å². The van der Waals surface area contributed by atoms with Crippen molar-refractivity contribution in [3.63, 3.8) is 0 Å². The van der Waals surface area contributed by atoms with Crippen molar-refractivity contribution in [2.75, 3.05) is 6.61 Å². The highest BCUT2D eigenvalue weighted by Gasteiger charge is 2.08. The van der Waals surface area contributed by atoms with Crippen LogP contribution in [0.15, 0.2) is 45.3 Å². The van der Waals surface area contributed by atoms with Gasteiger partial charge in [-0.15, -0.1) is 11.3 Å². The molecule has 0 amide bonds. The lowest BCUT2D eigenvalue weighted by Crippen LogP contribution is -2.13. The first kappa shape index (κ1) is 16.0. The Balaban J connectivity index is 1.86. The maximum atomic E-state index is 11.6. The largest absolute Gasteiger partial charge is 0.480 e. The normalized spacial score (nSPS) is 11.3. The van der Waals surface area contributed by atoms with Crippen LogP contribution < -0.4 is 4.74 Å². The van der Waals surface area contributed by atoms with Gasteiger partial charge < -0.3 is 9.57 Å². The quantitative estimate of drug-likeness (QED) is 0.430. The molecule has 0 fully saturated rings. The van der Waals surface area contributed by atoms with Crippen LogP contribution in [0.1, 0.15) is 11.8 Å². The van der Waals surface area contributed by atoms with Gasteiger partial charge in [0.2, 0.25) is 0 Å². The first-order valence-electron chi connectivity index (χ1n) is 5.92. The molecule has 110 valence electrons. The average Bonchev–Trinajstić information content (AvgIpc) is 2.98. The number of hydrogen-bond donors (Lipinski definition) is 0. The summed E-state index contributed by atoms with van der Waals surface area (Å²) in [7, 11) is 0. The molecule has 0 aliphatic rings. The molecule has 0 unspecified atom stereocenters. The molecule has 2 rings (SSSR count). The van der Waals surface area contributed by atoms with E-state index < -0.39 is 5.97 Å². The van der Waals surface area contributed by atoms with E-state index in [9.17, 15) is 4.79 Å². The van der Waals surface area contributed by atoms with Crippen molar-refractivity contribution in [2.24, 2.45) is 5.16 Å². The highest BCUT2D eigenvalue weighted by molar-refractivity contribution is 9.10. The van der Waals surface area contributed by atoms with Gasteiger partial charge in [-0.3, -0.25) is 0 Å². The molecule has 0 saturated carbocycles. The van der Waals surface area contributed by atoms with Crippen LogP contribution in [0, 0.1) is 0 Å².